The number of oxazole rings is 1. The van der Waals surface area contributed by atoms with Crippen LogP contribution in [-0.2, 0) is 20.8 Å². The largest absolute Gasteiger partial charge is 0.508 e. The Labute approximate surface area is 234 Å². The molecule has 12 heteroatoms. The van der Waals surface area contributed by atoms with Gasteiger partial charge in [-0.25, -0.2) is 4.98 Å². The number of rotatable bonds is 4. The zero-order valence-electron chi connectivity index (χ0n) is 22.9. The fourth-order valence-electron chi connectivity index (χ4n) is 6.69. The molecule has 3 aromatic rings. The van der Waals surface area contributed by atoms with Gasteiger partial charge in [0.05, 0.1) is 17.2 Å². The van der Waals surface area contributed by atoms with Gasteiger partial charge in [-0.2, -0.15) is 0 Å². The lowest BCUT2D eigenvalue weighted by molar-refractivity contribution is -0.153. The van der Waals surface area contributed by atoms with Crippen LogP contribution in [0.15, 0.2) is 51.9 Å². The molecule has 4 atom stereocenters. The molecule has 5 N–H and O–H groups in total. The summed E-state index contributed by atoms with van der Waals surface area (Å²) in [6.45, 7) is 0. The van der Waals surface area contributed by atoms with E-state index in [1.807, 2.05) is 25.1 Å². The number of carbonyl (C=O) groups excluding carboxylic acids is 3. The Morgan fingerprint density at radius 2 is 1.93 bits per heavy atom. The van der Waals surface area contributed by atoms with E-state index in [4.69, 9.17) is 10.2 Å². The highest BCUT2D eigenvalue weighted by Gasteiger charge is 2.64. The van der Waals surface area contributed by atoms with Crippen molar-refractivity contribution in [3.05, 3.63) is 58.6 Å². The van der Waals surface area contributed by atoms with Crippen LogP contribution in [0.1, 0.15) is 17.5 Å². The number of aromatic nitrogens is 2. The number of hydrogen-bond acceptors (Lipinski definition) is 11. The highest BCUT2D eigenvalue weighted by molar-refractivity contribution is 6.24. The number of nitrogens with two attached hydrogens (primary N) is 1. The summed E-state index contributed by atoms with van der Waals surface area (Å²) in [5.41, 5.74) is 4.84. The van der Waals surface area contributed by atoms with Crippen molar-refractivity contribution in [2.75, 3.05) is 33.1 Å². The Morgan fingerprint density at radius 3 is 2.54 bits per heavy atom. The molecule has 1 amide bonds. The summed E-state index contributed by atoms with van der Waals surface area (Å²) in [6, 6.07) is 4.25. The predicted octanol–water partition coefficient (Wildman–Crippen LogP) is 1.53. The van der Waals surface area contributed by atoms with Crippen molar-refractivity contribution in [1.29, 1.82) is 0 Å². The maximum absolute atomic E-state index is 14.2. The molecule has 0 radical (unpaired) electrons. The van der Waals surface area contributed by atoms with E-state index in [1.54, 1.807) is 38.6 Å². The molecule has 3 aliphatic carbocycles. The number of fused-ring (bicyclic) bond motifs is 5. The molecule has 6 rings (SSSR count). The van der Waals surface area contributed by atoms with Crippen molar-refractivity contribution in [2.24, 2.45) is 17.6 Å². The Morgan fingerprint density at radius 1 is 1.20 bits per heavy atom. The molecule has 3 aliphatic rings. The smallest absolute Gasteiger partial charge is 0.255 e. The first-order valence-corrected chi connectivity index (χ1v) is 13.1. The van der Waals surface area contributed by atoms with Crippen molar-refractivity contribution < 1.29 is 34.1 Å². The van der Waals surface area contributed by atoms with E-state index in [1.165, 1.54) is 4.90 Å². The molecule has 1 saturated carbocycles. The Balaban J connectivity index is 1.61. The number of aliphatic hydroxyl groups excluding tert-OH is 2. The number of Topliss-reactive ketones (excluding diaryl/α,β-unsaturated/α-hetero) is 2. The minimum Gasteiger partial charge on any atom is -0.508 e. The number of hydrogen-bond donors (Lipinski definition) is 4. The van der Waals surface area contributed by atoms with Crippen molar-refractivity contribution in [3.8, 4) is 11.5 Å². The topological polar surface area (TPSA) is 183 Å². The first kappa shape index (κ1) is 26.7. The number of benzene rings is 1. The number of carbonyl (C=O) groups is 3. The molecule has 212 valence electrons. The van der Waals surface area contributed by atoms with Gasteiger partial charge in [-0.3, -0.25) is 24.3 Å². The number of likely N-dealkylation sites (N-methyl/N-ethyl adjacent to an activating group) is 1. The molecule has 2 aromatic heterocycles. The number of primary amides is 1. The summed E-state index contributed by atoms with van der Waals surface area (Å²) < 4.78 is 6.13. The molecule has 2 heterocycles. The summed E-state index contributed by atoms with van der Waals surface area (Å²) in [6.07, 6.45) is 3.55. The van der Waals surface area contributed by atoms with Gasteiger partial charge in [-0.15, -0.1) is 0 Å². The second kappa shape index (κ2) is 8.98. The summed E-state index contributed by atoms with van der Waals surface area (Å²) in [5.74, 6) is -5.95. The second-order valence-electron chi connectivity index (χ2n) is 11.2. The Bertz CT molecular complexity index is 1720. The van der Waals surface area contributed by atoms with Gasteiger partial charge in [-0.05, 0) is 56.6 Å². The molecule has 0 saturated heterocycles. The standard InChI is InChI=1S/C29H29N5O7/c1-33(2)17-10-16-24(41-28(32-16)12-6-5-7-31-11-12)19-14(17)8-13-9-15-21(34(3)4)23(36)20(27(30)39)26(38)29(15,40)25(37)18(13)22(19)35/h5-7,10-11,13,15,21,35,38,40H,8-9H2,1-4H3,(H2,30,39)/t13-,15-,21-,29-/m0/s1. The van der Waals surface area contributed by atoms with E-state index in [9.17, 15) is 29.7 Å². The molecular weight excluding hydrogens is 530 g/mol. The average Bonchev–Trinajstić information content (AvgIpc) is 3.34. The number of nitrogens with zero attached hydrogens (tertiary/aromatic N) is 4. The highest BCUT2D eigenvalue weighted by atomic mass is 16.4. The number of anilines is 1. The normalized spacial score (nSPS) is 25.9. The second-order valence-corrected chi connectivity index (χ2v) is 11.2. The van der Waals surface area contributed by atoms with Crippen LogP contribution in [0.2, 0.25) is 0 Å². The number of pyridine rings is 1. The van der Waals surface area contributed by atoms with Gasteiger partial charge in [0, 0.05) is 43.7 Å². The molecule has 12 nitrogen and oxygen atoms in total. The van der Waals surface area contributed by atoms with E-state index in [0.717, 1.165) is 5.69 Å². The molecule has 41 heavy (non-hydrogen) atoms. The lowest BCUT2D eigenvalue weighted by Crippen LogP contribution is -2.65. The van der Waals surface area contributed by atoms with Gasteiger partial charge in [0.2, 0.25) is 11.7 Å². The van der Waals surface area contributed by atoms with Gasteiger partial charge in [0.1, 0.15) is 22.6 Å². The SMILES string of the molecule is CN(C)c1cc2nc(-c3cccnc3)oc2c2c1C[C@H]1C[C@H]3[C@H](N(C)C)C(=O)C(C(N)=O)=C(O)[C@@]3(O)C(=O)C1=C2O. The maximum atomic E-state index is 14.2. The number of aliphatic hydroxyl groups is 3. The summed E-state index contributed by atoms with van der Waals surface area (Å²) >= 11 is 0. The van der Waals surface area contributed by atoms with E-state index < -0.39 is 58.0 Å². The zero-order valence-corrected chi connectivity index (χ0v) is 22.9. The molecular formula is C29H29N5O7. The van der Waals surface area contributed by atoms with Crippen molar-refractivity contribution in [3.63, 3.8) is 0 Å². The summed E-state index contributed by atoms with van der Waals surface area (Å²) in [7, 11) is 6.86. The monoisotopic (exact) mass is 559 g/mol. The third kappa shape index (κ3) is 3.57. The fraction of sp³-hybridized carbons (Fsp3) is 0.345. The summed E-state index contributed by atoms with van der Waals surface area (Å²) in [4.78, 5) is 51.7. The first-order chi connectivity index (χ1) is 19.4. The molecule has 0 spiro atoms. The Kier molecular flexibility index (Phi) is 5.84. The van der Waals surface area contributed by atoms with E-state index >= 15 is 0 Å². The van der Waals surface area contributed by atoms with Gasteiger partial charge in [0.15, 0.2) is 17.0 Å². The predicted molar refractivity (Wildman–Crippen MR) is 148 cm³/mol. The number of ketones is 2. The van der Waals surface area contributed by atoms with Crippen LogP contribution in [0, 0.1) is 11.8 Å². The van der Waals surface area contributed by atoms with Crippen LogP contribution in [0.25, 0.3) is 28.3 Å². The molecule has 0 unspecified atom stereocenters. The van der Waals surface area contributed by atoms with Crippen molar-refractivity contribution >= 4 is 40.0 Å². The fourth-order valence-corrected chi connectivity index (χ4v) is 6.69. The highest BCUT2D eigenvalue weighted by Crippen LogP contribution is 2.53. The van der Waals surface area contributed by atoms with Gasteiger partial charge in [-0.1, -0.05) is 0 Å². The molecule has 0 bridgehead atoms. The maximum Gasteiger partial charge on any atom is 0.255 e. The quantitative estimate of drug-likeness (QED) is 0.340. The van der Waals surface area contributed by atoms with Crippen LogP contribution < -0.4 is 10.6 Å². The average molecular weight is 560 g/mol. The third-order valence-electron chi connectivity index (χ3n) is 8.47. The zero-order chi connectivity index (χ0) is 29.5. The number of amides is 1. The minimum absolute atomic E-state index is 0.0635. The minimum atomic E-state index is -2.65. The van der Waals surface area contributed by atoms with Crippen molar-refractivity contribution in [1.82, 2.24) is 14.9 Å². The van der Waals surface area contributed by atoms with Crippen LogP contribution >= 0.6 is 0 Å². The lowest BCUT2D eigenvalue weighted by atomic mass is 9.57. The lowest BCUT2D eigenvalue weighted by Gasteiger charge is -2.50. The molecule has 0 aliphatic heterocycles. The van der Waals surface area contributed by atoms with Crippen molar-refractivity contribution in [2.45, 2.75) is 24.5 Å². The molecule has 1 fully saturated rings. The van der Waals surface area contributed by atoms with Gasteiger partial charge in [0.25, 0.3) is 5.91 Å². The van der Waals surface area contributed by atoms with Crippen LogP contribution in [0.5, 0.6) is 0 Å². The van der Waals surface area contributed by atoms with Gasteiger partial charge < -0.3 is 30.4 Å². The Hall–Kier alpha value is -4.55. The molecule has 1 aromatic carbocycles. The van der Waals surface area contributed by atoms with E-state index in [2.05, 4.69) is 9.97 Å². The summed E-state index contributed by atoms with van der Waals surface area (Å²) in [5, 5.41) is 34.7. The van der Waals surface area contributed by atoms with Crippen LogP contribution in [0.3, 0.4) is 0 Å². The first-order valence-electron chi connectivity index (χ1n) is 13.1. The van der Waals surface area contributed by atoms with Crippen LogP contribution in [0.4, 0.5) is 5.69 Å². The van der Waals surface area contributed by atoms with E-state index in [0.29, 0.717) is 16.6 Å². The van der Waals surface area contributed by atoms with E-state index in [-0.39, 0.29) is 35.5 Å². The third-order valence-corrected chi connectivity index (χ3v) is 8.47. The van der Waals surface area contributed by atoms with Crippen LogP contribution in [-0.4, -0.2) is 87.5 Å². The van der Waals surface area contributed by atoms with Gasteiger partial charge >= 0.3 is 0 Å².